The maximum absolute atomic E-state index is 15.1. The second-order valence-corrected chi connectivity index (χ2v) is 12.1. The fourth-order valence-corrected chi connectivity index (χ4v) is 6.14. The number of nitrogens with one attached hydrogen (secondary N) is 1. The minimum absolute atomic E-state index is 0.0483. The molecule has 4 rings (SSSR count). The summed E-state index contributed by atoms with van der Waals surface area (Å²) >= 11 is 0. The number of hydrogen-bond donors (Lipinski definition) is 1. The van der Waals surface area contributed by atoms with Gasteiger partial charge in [0.15, 0.2) is 0 Å². The van der Waals surface area contributed by atoms with E-state index < -0.39 is 34.3 Å². The maximum Gasteiger partial charge on any atom is 0.264 e. The van der Waals surface area contributed by atoms with Crippen molar-refractivity contribution in [2.24, 2.45) is 0 Å². The molecular weight excluding hydrogens is 565 g/mol. The zero-order valence-corrected chi connectivity index (χ0v) is 25.1. The van der Waals surface area contributed by atoms with Crippen LogP contribution in [0.5, 0.6) is 0 Å². The normalized spacial score (nSPS) is 11.9. The van der Waals surface area contributed by atoms with Gasteiger partial charge in [-0.2, -0.15) is 0 Å². The molecule has 7 nitrogen and oxygen atoms in total. The summed E-state index contributed by atoms with van der Waals surface area (Å²) in [6.45, 7) is 3.63. The van der Waals surface area contributed by atoms with Crippen molar-refractivity contribution in [1.82, 2.24) is 10.2 Å². The number of sulfonamides is 1. The molecular formula is C34H36FN3O4S. The Bertz CT molecular complexity index is 1610. The summed E-state index contributed by atoms with van der Waals surface area (Å²) in [7, 11) is -4.36. The number of amides is 2. The third-order valence-electron chi connectivity index (χ3n) is 7.03. The minimum atomic E-state index is -4.36. The van der Waals surface area contributed by atoms with E-state index in [1.807, 2.05) is 68.4 Å². The predicted molar refractivity (Wildman–Crippen MR) is 166 cm³/mol. The summed E-state index contributed by atoms with van der Waals surface area (Å²) in [5, 5.41) is 2.91. The summed E-state index contributed by atoms with van der Waals surface area (Å²) in [5.41, 5.74) is 2.38. The quantitative estimate of drug-likeness (QED) is 0.219. The molecule has 0 spiro atoms. The first-order valence-corrected chi connectivity index (χ1v) is 15.6. The van der Waals surface area contributed by atoms with Gasteiger partial charge in [0.25, 0.3) is 10.0 Å². The van der Waals surface area contributed by atoms with Crippen molar-refractivity contribution in [2.45, 2.75) is 44.2 Å². The number of carbonyl (C=O) groups is 2. The Balaban J connectivity index is 1.79. The van der Waals surface area contributed by atoms with Crippen LogP contribution in [0, 0.1) is 12.7 Å². The van der Waals surface area contributed by atoms with E-state index in [4.69, 9.17) is 0 Å². The van der Waals surface area contributed by atoms with Gasteiger partial charge < -0.3 is 10.2 Å². The Hall–Kier alpha value is -4.50. The molecule has 0 bridgehead atoms. The number of aryl methyl sites for hydroxylation is 1. The van der Waals surface area contributed by atoms with Crippen molar-refractivity contribution in [2.75, 3.05) is 17.4 Å². The average molecular weight is 602 g/mol. The molecule has 43 heavy (non-hydrogen) atoms. The molecule has 1 atom stereocenters. The van der Waals surface area contributed by atoms with Gasteiger partial charge in [0.2, 0.25) is 11.8 Å². The van der Waals surface area contributed by atoms with Crippen LogP contribution >= 0.6 is 0 Å². The van der Waals surface area contributed by atoms with Gasteiger partial charge in [-0.25, -0.2) is 12.8 Å². The van der Waals surface area contributed by atoms with Crippen molar-refractivity contribution in [1.29, 1.82) is 0 Å². The van der Waals surface area contributed by atoms with Crippen LogP contribution in [0.1, 0.15) is 30.0 Å². The third-order valence-corrected chi connectivity index (χ3v) is 8.80. The zero-order chi connectivity index (χ0) is 30.8. The topological polar surface area (TPSA) is 86.8 Å². The first-order valence-electron chi connectivity index (χ1n) is 14.2. The highest BCUT2D eigenvalue weighted by molar-refractivity contribution is 7.92. The van der Waals surface area contributed by atoms with Crippen molar-refractivity contribution in [3.63, 3.8) is 0 Å². The SMILES string of the molecule is CCCNC(=O)[C@H](Cc1ccccc1)N(Cc1ccc(C)cc1)C(=O)CN(c1ccccc1F)S(=O)(=O)c1ccccc1. The number of rotatable bonds is 13. The van der Waals surface area contributed by atoms with Crippen LogP contribution in [0.15, 0.2) is 114 Å². The van der Waals surface area contributed by atoms with Crippen LogP contribution in [0.2, 0.25) is 0 Å². The second kappa shape index (κ2) is 14.6. The van der Waals surface area contributed by atoms with Crippen LogP contribution < -0.4 is 9.62 Å². The lowest BCUT2D eigenvalue weighted by atomic mass is 10.0. The summed E-state index contributed by atoms with van der Waals surface area (Å²) < 4.78 is 43.7. The van der Waals surface area contributed by atoms with Crippen LogP contribution in [0.25, 0.3) is 0 Å². The highest BCUT2D eigenvalue weighted by atomic mass is 32.2. The molecule has 0 fully saturated rings. The van der Waals surface area contributed by atoms with E-state index in [0.29, 0.717) is 13.0 Å². The Morgan fingerprint density at radius 3 is 2.05 bits per heavy atom. The van der Waals surface area contributed by atoms with Gasteiger partial charge in [-0.1, -0.05) is 97.4 Å². The molecule has 0 aliphatic rings. The van der Waals surface area contributed by atoms with E-state index >= 15 is 4.39 Å². The van der Waals surface area contributed by atoms with E-state index in [9.17, 15) is 18.0 Å². The monoisotopic (exact) mass is 601 g/mol. The van der Waals surface area contributed by atoms with E-state index in [0.717, 1.165) is 27.1 Å². The number of para-hydroxylation sites is 1. The summed E-state index contributed by atoms with van der Waals surface area (Å²) in [5.74, 6) is -1.79. The van der Waals surface area contributed by atoms with Crippen LogP contribution in [0.4, 0.5) is 10.1 Å². The standard InChI is InChI=1S/C34H36FN3O4S/c1-3-22-36-34(40)32(23-27-12-6-4-7-13-27)37(24-28-20-18-26(2)19-21-28)33(39)25-38(31-17-11-10-16-30(31)35)43(41,42)29-14-8-5-9-15-29/h4-21,32H,3,22-25H2,1-2H3,(H,36,40)/t32-/m0/s1. The Morgan fingerprint density at radius 1 is 0.814 bits per heavy atom. The highest BCUT2D eigenvalue weighted by Gasteiger charge is 2.35. The summed E-state index contributed by atoms with van der Waals surface area (Å²) in [4.78, 5) is 29.3. The van der Waals surface area contributed by atoms with Gasteiger partial charge in [-0.05, 0) is 48.7 Å². The molecule has 1 N–H and O–H groups in total. The molecule has 9 heteroatoms. The van der Waals surface area contributed by atoms with Crippen LogP contribution in [-0.2, 0) is 32.6 Å². The molecule has 0 heterocycles. The number of hydrogen-bond acceptors (Lipinski definition) is 4. The summed E-state index contributed by atoms with van der Waals surface area (Å²) in [6, 6.07) is 29.0. The van der Waals surface area contributed by atoms with Gasteiger partial charge in [-0.15, -0.1) is 0 Å². The molecule has 4 aromatic rings. The number of nitrogens with zero attached hydrogens (tertiary/aromatic N) is 2. The molecule has 4 aromatic carbocycles. The van der Waals surface area contributed by atoms with Crippen LogP contribution in [0.3, 0.4) is 0 Å². The first kappa shape index (κ1) is 31.4. The largest absolute Gasteiger partial charge is 0.354 e. The van der Waals surface area contributed by atoms with Crippen LogP contribution in [-0.4, -0.2) is 44.3 Å². The van der Waals surface area contributed by atoms with E-state index in [1.54, 1.807) is 18.2 Å². The van der Waals surface area contributed by atoms with Gasteiger partial charge in [0, 0.05) is 19.5 Å². The molecule has 0 unspecified atom stereocenters. The van der Waals surface area contributed by atoms with E-state index in [-0.39, 0.29) is 29.5 Å². The number of halogens is 1. The summed E-state index contributed by atoms with van der Waals surface area (Å²) in [6.07, 6.45) is 0.908. The average Bonchev–Trinajstić information content (AvgIpc) is 3.02. The van der Waals surface area contributed by atoms with Gasteiger partial charge in [0.05, 0.1) is 10.6 Å². The lowest BCUT2D eigenvalue weighted by molar-refractivity contribution is -0.140. The molecule has 0 aliphatic carbocycles. The number of carbonyl (C=O) groups excluding carboxylic acids is 2. The number of benzene rings is 4. The zero-order valence-electron chi connectivity index (χ0n) is 24.3. The smallest absolute Gasteiger partial charge is 0.264 e. The fraction of sp³-hybridized carbons (Fsp3) is 0.235. The van der Waals surface area contributed by atoms with Gasteiger partial charge >= 0.3 is 0 Å². The van der Waals surface area contributed by atoms with Crippen molar-refractivity contribution < 1.29 is 22.4 Å². The Morgan fingerprint density at radius 2 is 1.42 bits per heavy atom. The molecule has 0 saturated heterocycles. The van der Waals surface area contributed by atoms with Gasteiger partial charge in [0.1, 0.15) is 18.4 Å². The second-order valence-electron chi connectivity index (χ2n) is 10.3. The van der Waals surface area contributed by atoms with Crippen molar-refractivity contribution in [3.05, 3.63) is 132 Å². The Labute approximate surface area is 253 Å². The minimum Gasteiger partial charge on any atom is -0.354 e. The first-order chi connectivity index (χ1) is 20.7. The lowest BCUT2D eigenvalue weighted by Crippen LogP contribution is -2.53. The maximum atomic E-state index is 15.1. The highest BCUT2D eigenvalue weighted by Crippen LogP contribution is 2.27. The molecule has 0 radical (unpaired) electrons. The molecule has 0 saturated carbocycles. The fourth-order valence-electron chi connectivity index (χ4n) is 4.70. The van der Waals surface area contributed by atoms with Crippen molar-refractivity contribution in [3.8, 4) is 0 Å². The van der Waals surface area contributed by atoms with E-state index in [1.165, 1.54) is 35.2 Å². The molecule has 0 aliphatic heterocycles. The molecule has 224 valence electrons. The lowest BCUT2D eigenvalue weighted by Gasteiger charge is -2.34. The van der Waals surface area contributed by atoms with E-state index in [2.05, 4.69) is 5.32 Å². The number of anilines is 1. The van der Waals surface area contributed by atoms with Gasteiger partial charge in [-0.3, -0.25) is 13.9 Å². The van der Waals surface area contributed by atoms with Crippen molar-refractivity contribution >= 4 is 27.5 Å². The molecule has 2 amide bonds. The molecule has 0 aromatic heterocycles. The third kappa shape index (κ3) is 8.08. The predicted octanol–water partition coefficient (Wildman–Crippen LogP) is 5.50. The Kier molecular flexibility index (Phi) is 10.7.